The number of aromatic nitrogens is 4. The summed E-state index contributed by atoms with van der Waals surface area (Å²) in [6, 6.07) is 22.3. The molecule has 4 nitrogen and oxygen atoms in total. The Kier molecular flexibility index (Phi) is 6.19. The number of fused-ring (bicyclic) bond motifs is 6. The molecule has 0 aliphatic heterocycles. The number of nitrogens with zero attached hydrogens (tertiary/aromatic N) is 4. The second-order valence-electron chi connectivity index (χ2n) is 10.7. The van der Waals surface area contributed by atoms with E-state index < -0.39 is 0 Å². The SMILES string of the molecule is Cc1c2c(cc[n+]1C)c1ccccc1n2CCCCCCCn1c2ccccc2c2cc[n+](C)c(C)c21. The van der Waals surface area contributed by atoms with Gasteiger partial charge in [0.15, 0.2) is 12.4 Å². The zero-order valence-corrected chi connectivity index (χ0v) is 22.7. The number of unbranched alkanes of at least 4 members (excludes halogenated alkanes) is 4. The maximum atomic E-state index is 2.56. The third kappa shape index (κ3) is 3.99. The second-order valence-corrected chi connectivity index (χ2v) is 10.7. The lowest BCUT2D eigenvalue weighted by Gasteiger charge is -2.10. The van der Waals surface area contributed by atoms with Crippen LogP contribution in [0.4, 0.5) is 0 Å². The van der Waals surface area contributed by atoms with E-state index in [1.165, 1.54) is 87.1 Å². The predicted octanol–water partition coefficient (Wildman–Crippen LogP) is 6.82. The summed E-state index contributed by atoms with van der Waals surface area (Å²) in [6.45, 7) is 6.65. The van der Waals surface area contributed by atoms with Crippen LogP contribution in [0.25, 0.3) is 43.6 Å². The van der Waals surface area contributed by atoms with E-state index in [1.807, 2.05) is 0 Å². The molecular weight excluding hydrogens is 452 g/mol. The number of hydrogen-bond donors (Lipinski definition) is 0. The molecule has 6 rings (SSSR count). The summed E-state index contributed by atoms with van der Waals surface area (Å²) in [5.41, 5.74) is 8.18. The van der Waals surface area contributed by atoms with Crippen molar-refractivity contribution < 1.29 is 9.13 Å². The number of benzene rings is 2. The zero-order chi connectivity index (χ0) is 25.5. The molecule has 4 heteroatoms. The number of pyridine rings is 2. The highest BCUT2D eigenvalue weighted by atomic mass is 15.0. The maximum Gasteiger partial charge on any atom is 0.202 e. The number of aryl methyl sites for hydroxylation is 6. The fourth-order valence-corrected chi connectivity index (χ4v) is 6.24. The molecule has 0 bridgehead atoms. The average Bonchev–Trinajstić information content (AvgIpc) is 3.41. The summed E-state index contributed by atoms with van der Waals surface area (Å²) in [6.07, 6.45) is 10.6. The number of para-hydroxylation sites is 2. The first-order chi connectivity index (χ1) is 18.1. The Morgan fingerprint density at radius 2 is 0.919 bits per heavy atom. The van der Waals surface area contributed by atoms with Crippen molar-refractivity contribution in [2.75, 3.05) is 0 Å². The van der Waals surface area contributed by atoms with Crippen molar-refractivity contribution in [2.45, 2.75) is 59.0 Å². The van der Waals surface area contributed by atoms with Crippen LogP contribution in [0, 0.1) is 13.8 Å². The lowest BCUT2D eigenvalue weighted by molar-refractivity contribution is -0.676. The normalized spacial score (nSPS) is 12.0. The van der Waals surface area contributed by atoms with Gasteiger partial charge in [0.1, 0.15) is 25.1 Å². The van der Waals surface area contributed by atoms with E-state index in [0.29, 0.717) is 0 Å². The van der Waals surface area contributed by atoms with Crippen LogP contribution in [-0.2, 0) is 27.2 Å². The van der Waals surface area contributed by atoms with Crippen molar-refractivity contribution in [1.82, 2.24) is 9.13 Å². The van der Waals surface area contributed by atoms with Crippen LogP contribution in [0.15, 0.2) is 73.1 Å². The Morgan fingerprint density at radius 1 is 0.514 bits per heavy atom. The van der Waals surface area contributed by atoms with E-state index in [9.17, 15) is 0 Å². The first-order valence-electron chi connectivity index (χ1n) is 13.8. The Balaban J connectivity index is 1.13. The van der Waals surface area contributed by atoms with Crippen molar-refractivity contribution in [1.29, 1.82) is 0 Å². The van der Waals surface area contributed by atoms with E-state index in [2.05, 4.69) is 119 Å². The third-order valence-corrected chi connectivity index (χ3v) is 8.46. The molecule has 4 heterocycles. The van der Waals surface area contributed by atoms with E-state index in [-0.39, 0.29) is 0 Å². The van der Waals surface area contributed by atoms with Crippen LogP contribution < -0.4 is 9.13 Å². The number of rotatable bonds is 8. The monoisotopic (exact) mass is 490 g/mol. The van der Waals surface area contributed by atoms with Gasteiger partial charge in [0, 0.05) is 71.6 Å². The molecular formula is C33H38N4+2. The topological polar surface area (TPSA) is 17.6 Å². The number of hydrogen-bond acceptors (Lipinski definition) is 0. The van der Waals surface area contributed by atoms with Gasteiger partial charge in [-0.1, -0.05) is 55.7 Å². The van der Waals surface area contributed by atoms with Crippen LogP contribution in [0.5, 0.6) is 0 Å². The molecule has 0 atom stereocenters. The highest BCUT2D eigenvalue weighted by molar-refractivity contribution is 6.09. The highest BCUT2D eigenvalue weighted by Gasteiger charge is 2.18. The summed E-state index contributed by atoms with van der Waals surface area (Å²) >= 11 is 0. The van der Waals surface area contributed by atoms with E-state index in [0.717, 1.165) is 13.1 Å². The summed E-state index contributed by atoms with van der Waals surface area (Å²) in [4.78, 5) is 0. The molecule has 0 spiro atoms. The van der Waals surface area contributed by atoms with Gasteiger partial charge in [-0.15, -0.1) is 0 Å². The van der Waals surface area contributed by atoms with Crippen LogP contribution >= 0.6 is 0 Å². The van der Waals surface area contributed by atoms with Crippen molar-refractivity contribution in [3.8, 4) is 0 Å². The molecule has 37 heavy (non-hydrogen) atoms. The molecule has 0 fully saturated rings. The Morgan fingerprint density at radius 3 is 1.38 bits per heavy atom. The molecule has 0 aliphatic rings. The Bertz CT molecular complexity index is 1620. The molecule has 0 saturated heterocycles. The van der Waals surface area contributed by atoms with E-state index in [4.69, 9.17) is 0 Å². The second kappa shape index (κ2) is 9.66. The van der Waals surface area contributed by atoms with Gasteiger partial charge in [-0.05, 0) is 25.0 Å². The van der Waals surface area contributed by atoms with Crippen molar-refractivity contribution in [3.63, 3.8) is 0 Å². The summed E-state index contributed by atoms with van der Waals surface area (Å²) < 4.78 is 9.60. The highest BCUT2D eigenvalue weighted by Crippen LogP contribution is 2.31. The lowest BCUT2D eigenvalue weighted by atomic mass is 10.1. The van der Waals surface area contributed by atoms with Gasteiger partial charge in [-0.3, -0.25) is 0 Å². The molecule has 188 valence electrons. The van der Waals surface area contributed by atoms with Gasteiger partial charge in [0.2, 0.25) is 11.4 Å². The van der Waals surface area contributed by atoms with Gasteiger partial charge in [-0.2, -0.15) is 0 Å². The maximum absolute atomic E-state index is 2.56. The minimum atomic E-state index is 1.08. The molecule has 4 aromatic heterocycles. The molecule has 0 saturated carbocycles. The van der Waals surface area contributed by atoms with Crippen molar-refractivity contribution in [3.05, 3.63) is 84.4 Å². The van der Waals surface area contributed by atoms with Crippen molar-refractivity contribution in [2.24, 2.45) is 14.1 Å². The van der Waals surface area contributed by atoms with Crippen LogP contribution in [0.2, 0.25) is 0 Å². The van der Waals surface area contributed by atoms with Crippen molar-refractivity contribution >= 4 is 43.6 Å². The molecule has 0 aliphatic carbocycles. The fourth-order valence-electron chi connectivity index (χ4n) is 6.24. The largest absolute Gasteiger partial charge is 0.335 e. The minimum absolute atomic E-state index is 1.08. The Hall–Kier alpha value is -3.66. The molecule has 0 radical (unpaired) electrons. The third-order valence-electron chi connectivity index (χ3n) is 8.46. The first-order valence-corrected chi connectivity index (χ1v) is 13.8. The molecule has 0 amide bonds. The van der Waals surface area contributed by atoms with E-state index >= 15 is 0 Å². The summed E-state index contributed by atoms with van der Waals surface area (Å²) in [5.74, 6) is 0. The van der Waals surface area contributed by atoms with Gasteiger partial charge in [-0.25, -0.2) is 9.13 Å². The fraction of sp³-hybridized carbons (Fsp3) is 0.333. The summed E-state index contributed by atoms with van der Waals surface area (Å²) in [5, 5.41) is 5.49. The van der Waals surface area contributed by atoms with Gasteiger partial charge < -0.3 is 9.13 Å². The molecule has 6 aromatic rings. The van der Waals surface area contributed by atoms with Crippen LogP contribution in [-0.4, -0.2) is 9.13 Å². The lowest BCUT2D eigenvalue weighted by Crippen LogP contribution is -2.31. The van der Waals surface area contributed by atoms with Gasteiger partial charge >= 0.3 is 0 Å². The van der Waals surface area contributed by atoms with Crippen LogP contribution in [0.1, 0.15) is 43.5 Å². The average molecular weight is 491 g/mol. The smallest absolute Gasteiger partial charge is 0.202 e. The molecule has 0 N–H and O–H groups in total. The van der Waals surface area contributed by atoms with Gasteiger partial charge in [0.05, 0.1) is 0 Å². The Labute approximate surface area is 219 Å². The standard InChI is InChI=1S/C33H38N4/c1-24-32-28(18-22-34(24)3)26-14-8-10-16-30(26)36(32)20-12-6-5-7-13-21-37-31-17-11-9-15-27(31)29-19-23-35(4)25(2)33(29)37/h8-11,14-19,22-23H,5-7,12-13,20-21H2,1-4H3/q+2. The summed E-state index contributed by atoms with van der Waals surface area (Å²) in [7, 11) is 4.30. The molecule has 2 aromatic carbocycles. The van der Waals surface area contributed by atoms with Gasteiger partial charge in [0.25, 0.3) is 0 Å². The predicted molar refractivity (Wildman–Crippen MR) is 154 cm³/mol. The quantitative estimate of drug-likeness (QED) is 0.165. The first kappa shape index (κ1) is 23.7. The van der Waals surface area contributed by atoms with E-state index in [1.54, 1.807) is 0 Å². The zero-order valence-electron chi connectivity index (χ0n) is 22.7. The minimum Gasteiger partial charge on any atom is -0.335 e. The van der Waals surface area contributed by atoms with Crippen LogP contribution in [0.3, 0.4) is 0 Å². The molecule has 0 unspecified atom stereocenters.